The predicted octanol–water partition coefficient (Wildman–Crippen LogP) is 1.54. The summed E-state index contributed by atoms with van der Waals surface area (Å²) in [6, 6.07) is 12.6. The second-order valence-electron chi connectivity index (χ2n) is 6.11. The summed E-state index contributed by atoms with van der Waals surface area (Å²) in [5.41, 5.74) is 1.72. The van der Waals surface area contributed by atoms with E-state index in [9.17, 15) is 8.42 Å². The number of hydrogen-bond acceptors (Lipinski definition) is 6. The van der Waals surface area contributed by atoms with Gasteiger partial charge in [-0.25, -0.2) is 13.1 Å². The van der Waals surface area contributed by atoms with Crippen LogP contribution in [0, 0.1) is 0 Å². The van der Waals surface area contributed by atoms with Gasteiger partial charge < -0.3 is 4.74 Å². The van der Waals surface area contributed by atoms with Crippen molar-refractivity contribution in [2.24, 2.45) is 0 Å². The monoisotopic (exact) mass is 377 g/mol. The molecule has 8 heteroatoms. The number of hydrogen-bond donors (Lipinski definition) is 1. The fourth-order valence-electron chi connectivity index (χ4n) is 3.06. The van der Waals surface area contributed by atoms with Crippen LogP contribution in [-0.2, 0) is 21.3 Å². The van der Waals surface area contributed by atoms with Gasteiger partial charge in [-0.05, 0) is 29.8 Å². The Labute approximate surface area is 154 Å². The first-order chi connectivity index (χ1) is 12.5. The van der Waals surface area contributed by atoms with Crippen LogP contribution in [0.2, 0.25) is 0 Å². The Morgan fingerprint density at radius 1 is 1.27 bits per heavy atom. The van der Waals surface area contributed by atoms with Gasteiger partial charge in [-0.3, -0.25) is 9.82 Å². The first-order valence-corrected chi connectivity index (χ1v) is 9.94. The average molecular weight is 377 g/mol. The van der Waals surface area contributed by atoms with Crippen molar-refractivity contribution in [2.45, 2.75) is 17.7 Å². The van der Waals surface area contributed by atoms with E-state index in [0.717, 1.165) is 17.0 Å². The van der Waals surface area contributed by atoms with Crippen molar-refractivity contribution in [3.8, 4) is 5.75 Å². The van der Waals surface area contributed by atoms with Crippen molar-refractivity contribution < 1.29 is 18.0 Å². The summed E-state index contributed by atoms with van der Waals surface area (Å²) in [6.45, 7) is 0.418. The number of hydroxylamine groups is 2. The van der Waals surface area contributed by atoms with Gasteiger partial charge >= 0.3 is 0 Å². The Morgan fingerprint density at radius 2 is 2.04 bits per heavy atom. The normalized spacial score (nSPS) is 21.0. The fraction of sp³-hybridized carbons (Fsp3) is 0.389. The molecule has 1 N–H and O–H groups in total. The first-order valence-electron chi connectivity index (χ1n) is 8.39. The molecule has 0 aliphatic carbocycles. The standard InChI is InChI=1S/C18H23N3O4S/c1-21-18(14-6-8-16(24-2)9-7-14)17(13-25-21)26(22,23)20-12-10-15-5-3-4-11-19-15/h3-9,11,17-18,20H,10,12-13H2,1-2H3. The summed E-state index contributed by atoms with van der Waals surface area (Å²) in [5.74, 6) is 0.725. The Hall–Kier alpha value is -2.00. The molecule has 0 radical (unpaired) electrons. The van der Waals surface area contributed by atoms with Crippen LogP contribution in [0.4, 0.5) is 0 Å². The highest BCUT2D eigenvalue weighted by atomic mass is 32.2. The number of sulfonamides is 1. The summed E-state index contributed by atoms with van der Waals surface area (Å²) < 4.78 is 33.5. The smallest absolute Gasteiger partial charge is 0.218 e. The molecule has 7 nitrogen and oxygen atoms in total. The Bertz CT molecular complexity index is 812. The van der Waals surface area contributed by atoms with Crippen LogP contribution >= 0.6 is 0 Å². The van der Waals surface area contributed by atoms with Gasteiger partial charge in [0.25, 0.3) is 0 Å². The van der Waals surface area contributed by atoms with Crippen LogP contribution in [0.25, 0.3) is 0 Å². The zero-order valence-corrected chi connectivity index (χ0v) is 15.6. The third-order valence-electron chi connectivity index (χ3n) is 4.45. The van der Waals surface area contributed by atoms with Crippen molar-refractivity contribution in [3.63, 3.8) is 0 Å². The van der Waals surface area contributed by atoms with Crippen molar-refractivity contribution in [1.82, 2.24) is 14.8 Å². The lowest BCUT2D eigenvalue weighted by atomic mass is 10.0. The van der Waals surface area contributed by atoms with E-state index in [0.29, 0.717) is 13.0 Å². The predicted molar refractivity (Wildman–Crippen MR) is 98.1 cm³/mol. The molecular formula is C18H23N3O4S. The van der Waals surface area contributed by atoms with Crippen LogP contribution in [0.5, 0.6) is 5.75 Å². The third-order valence-corrected chi connectivity index (χ3v) is 6.25. The zero-order valence-electron chi connectivity index (χ0n) is 14.8. The van der Waals surface area contributed by atoms with Crippen LogP contribution in [-0.4, -0.2) is 51.0 Å². The van der Waals surface area contributed by atoms with Crippen LogP contribution in [0.15, 0.2) is 48.7 Å². The minimum absolute atomic E-state index is 0.117. The number of nitrogens with one attached hydrogen (secondary N) is 1. The Balaban J connectivity index is 1.70. The lowest BCUT2D eigenvalue weighted by Crippen LogP contribution is -2.40. The summed E-state index contributed by atoms with van der Waals surface area (Å²) >= 11 is 0. The molecule has 1 aromatic heterocycles. The quantitative estimate of drug-likeness (QED) is 0.788. The van der Waals surface area contributed by atoms with Crippen molar-refractivity contribution >= 4 is 10.0 Å². The number of rotatable bonds is 7. The molecule has 1 aliphatic rings. The first kappa shape index (κ1) is 18.8. The number of ether oxygens (including phenoxy) is 1. The molecule has 1 saturated heterocycles. The Kier molecular flexibility index (Phi) is 5.87. The molecule has 0 spiro atoms. The molecule has 2 atom stereocenters. The third kappa shape index (κ3) is 4.21. The van der Waals surface area contributed by atoms with Gasteiger partial charge in [0.05, 0.1) is 19.8 Å². The fourth-order valence-corrected chi connectivity index (χ4v) is 4.56. The Morgan fingerprint density at radius 3 is 2.69 bits per heavy atom. The van der Waals surface area contributed by atoms with Gasteiger partial charge in [0.2, 0.25) is 10.0 Å². The van der Waals surface area contributed by atoms with Gasteiger partial charge in [0.1, 0.15) is 11.0 Å². The van der Waals surface area contributed by atoms with E-state index in [2.05, 4.69) is 9.71 Å². The SMILES string of the molecule is COc1ccc(C2C(S(=O)(=O)NCCc3ccccn3)CON2C)cc1. The summed E-state index contributed by atoms with van der Waals surface area (Å²) in [7, 11) is -0.208. The highest BCUT2D eigenvalue weighted by Crippen LogP contribution is 2.33. The van der Waals surface area contributed by atoms with E-state index in [4.69, 9.17) is 9.57 Å². The minimum Gasteiger partial charge on any atom is -0.497 e. The molecule has 2 unspecified atom stereocenters. The molecule has 0 amide bonds. The van der Waals surface area contributed by atoms with Crippen molar-refractivity contribution in [1.29, 1.82) is 0 Å². The van der Waals surface area contributed by atoms with E-state index < -0.39 is 15.3 Å². The molecule has 0 saturated carbocycles. The lowest BCUT2D eigenvalue weighted by molar-refractivity contribution is -0.110. The topological polar surface area (TPSA) is 80.8 Å². The largest absolute Gasteiger partial charge is 0.497 e. The second-order valence-corrected chi connectivity index (χ2v) is 8.09. The molecule has 2 heterocycles. The van der Waals surface area contributed by atoms with Crippen LogP contribution < -0.4 is 9.46 Å². The highest BCUT2D eigenvalue weighted by molar-refractivity contribution is 7.90. The van der Waals surface area contributed by atoms with Gasteiger partial charge in [0.15, 0.2) is 0 Å². The van der Waals surface area contributed by atoms with E-state index in [1.165, 1.54) is 0 Å². The summed E-state index contributed by atoms with van der Waals surface area (Å²) in [6.07, 6.45) is 2.24. The van der Waals surface area contributed by atoms with Crippen molar-refractivity contribution in [2.75, 3.05) is 27.3 Å². The molecule has 2 aromatic rings. The molecule has 1 aromatic carbocycles. The molecule has 140 valence electrons. The summed E-state index contributed by atoms with van der Waals surface area (Å²) in [5, 5.41) is 0.911. The highest BCUT2D eigenvalue weighted by Gasteiger charge is 2.42. The van der Waals surface area contributed by atoms with Gasteiger partial charge in [-0.2, -0.15) is 5.06 Å². The second kappa shape index (κ2) is 8.13. The average Bonchev–Trinajstić information content (AvgIpc) is 3.05. The summed E-state index contributed by atoms with van der Waals surface area (Å²) in [4.78, 5) is 9.72. The number of pyridine rings is 1. The maximum atomic E-state index is 12.8. The maximum absolute atomic E-state index is 12.8. The molecule has 1 aliphatic heterocycles. The maximum Gasteiger partial charge on any atom is 0.218 e. The van der Waals surface area contributed by atoms with Crippen LogP contribution in [0.3, 0.4) is 0 Å². The number of benzene rings is 1. The van der Waals surface area contributed by atoms with E-state index >= 15 is 0 Å². The van der Waals surface area contributed by atoms with E-state index in [1.807, 2.05) is 42.5 Å². The van der Waals surface area contributed by atoms with Gasteiger partial charge in [-0.1, -0.05) is 18.2 Å². The van der Waals surface area contributed by atoms with Gasteiger partial charge in [-0.15, -0.1) is 0 Å². The minimum atomic E-state index is -3.55. The number of methoxy groups -OCH3 is 1. The molecular weight excluding hydrogens is 354 g/mol. The molecule has 26 heavy (non-hydrogen) atoms. The van der Waals surface area contributed by atoms with Gasteiger partial charge in [0, 0.05) is 31.9 Å². The van der Waals surface area contributed by atoms with E-state index in [1.54, 1.807) is 25.4 Å². The lowest BCUT2D eigenvalue weighted by Gasteiger charge is -2.23. The van der Waals surface area contributed by atoms with Crippen molar-refractivity contribution in [3.05, 3.63) is 59.9 Å². The van der Waals surface area contributed by atoms with E-state index in [-0.39, 0.29) is 12.6 Å². The number of nitrogens with zero attached hydrogens (tertiary/aromatic N) is 2. The number of aromatic nitrogens is 1. The molecule has 3 rings (SSSR count). The zero-order chi connectivity index (χ0) is 18.6. The van der Waals surface area contributed by atoms with Crippen LogP contribution in [0.1, 0.15) is 17.3 Å². The molecule has 0 bridgehead atoms. The molecule has 1 fully saturated rings.